The molecule has 25 heavy (non-hydrogen) atoms. The third kappa shape index (κ3) is 4.13. The smallest absolute Gasteiger partial charge is 0.273 e. The molecule has 0 aliphatic carbocycles. The standard InChI is InChI=1S/C18H17N3O3S/c1-11-8-15(12(2)24-11)17(23)21-20-16(22)9-14-10-25-18(19-14)13-6-4-3-5-7-13/h3-8,10H,9H2,1-2H3,(H,20,22)(H,21,23). The molecule has 0 bridgehead atoms. The molecule has 0 aliphatic heterocycles. The number of amides is 2. The van der Waals surface area contributed by atoms with Crippen LogP contribution in [0.15, 0.2) is 46.2 Å². The zero-order valence-electron chi connectivity index (χ0n) is 13.8. The maximum Gasteiger partial charge on any atom is 0.273 e. The minimum Gasteiger partial charge on any atom is -0.466 e. The minimum absolute atomic E-state index is 0.0903. The SMILES string of the molecule is Cc1cc(C(=O)NNC(=O)Cc2csc(-c3ccccc3)n2)c(C)o1. The first-order valence-electron chi connectivity index (χ1n) is 7.69. The van der Waals surface area contributed by atoms with E-state index in [9.17, 15) is 9.59 Å². The third-order valence-electron chi connectivity index (χ3n) is 3.52. The number of nitrogens with zero attached hydrogens (tertiary/aromatic N) is 1. The second-order valence-electron chi connectivity index (χ2n) is 5.52. The lowest BCUT2D eigenvalue weighted by molar-refractivity contribution is -0.121. The molecule has 0 saturated carbocycles. The van der Waals surface area contributed by atoms with Crippen LogP contribution in [-0.2, 0) is 11.2 Å². The highest BCUT2D eigenvalue weighted by Crippen LogP contribution is 2.23. The molecule has 0 spiro atoms. The topological polar surface area (TPSA) is 84.2 Å². The Morgan fingerprint density at radius 3 is 2.60 bits per heavy atom. The Morgan fingerprint density at radius 1 is 1.16 bits per heavy atom. The monoisotopic (exact) mass is 355 g/mol. The van der Waals surface area contributed by atoms with Gasteiger partial charge in [-0.05, 0) is 19.9 Å². The van der Waals surface area contributed by atoms with E-state index in [2.05, 4.69) is 15.8 Å². The number of carbonyl (C=O) groups is 2. The first kappa shape index (κ1) is 16.9. The first-order chi connectivity index (χ1) is 12.0. The van der Waals surface area contributed by atoms with Crippen LogP contribution in [0.25, 0.3) is 10.6 Å². The molecule has 128 valence electrons. The van der Waals surface area contributed by atoms with E-state index in [1.165, 1.54) is 11.3 Å². The second-order valence-corrected chi connectivity index (χ2v) is 6.37. The highest BCUT2D eigenvalue weighted by molar-refractivity contribution is 7.13. The van der Waals surface area contributed by atoms with Crippen molar-refractivity contribution in [3.8, 4) is 10.6 Å². The van der Waals surface area contributed by atoms with Crippen LogP contribution < -0.4 is 10.9 Å². The minimum atomic E-state index is -0.411. The van der Waals surface area contributed by atoms with Gasteiger partial charge in [-0.3, -0.25) is 20.4 Å². The van der Waals surface area contributed by atoms with Gasteiger partial charge >= 0.3 is 0 Å². The van der Waals surface area contributed by atoms with Crippen molar-refractivity contribution in [2.45, 2.75) is 20.3 Å². The summed E-state index contributed by atoms with van der Waals surface area (Å²) in [4.78, 5) is 28.5. The van der Waals surface area contributed by atoms with E-state index in [4.69, 9.17) is 4.42 Å². The molecule has 1 aromatic carbocycles. The number of benzene rings is 1. The highest BCUT2D eigenvalue weighted by Gasteiger charge is 2.15. The molecule has 3 aromatic rings. The number of nitrogens with one attached hydrogen (secondary N) is 2. The summed E-state index contributed by atoms with van der Waals surface area (Å²) in [5.41, 5.74) is 6.86. The predicted octanol–water partition coefficient (Wildman–Crippen LogP) is 3.02. The summed E-state index contributed by atoms with van der Waals surface area (Å²) in [6.45, 7) is 3.46. The fourth-order valence-corrected chi connectivity index (χ4v) is 3.19. The lowest BCUT2D eigenvalue weighted by Gasteiger charge is -2.05. The van der Waals surface area contributed by atoms with Gasteiger partial charge in [0.2, 0.25) is 5.91 Å². The molecular weight excluding hydrogens is 338 g/mol. The highest BCUT2D eigenvalue weighted by atomic mass is 32.1. The van der Waals surface area contributed by atoms with E-state index in [-0.39, 0.29) is 12.3 Å². The molecule has 2 amide bonds. The van der Waals surface area contributed by atoms with Gasteiger partial charge in [-0.15, -0.1) is 11.3 Å². The van der Waals surface area contributed by atoms with E-state index in [0.717, 1.165) is 10.6 Å². The summed E-state index contributed by atoms with van der Waals surface area (Å²) in [7, 11) is 0. The molecule has 0 atom stereocenters. The van der Waals surface area contributed by atoms with E-state index in [0.29, 0.717) is 22.8 Å². The van der Waals surface area contributed by atoms with Crippen LogP contribution in [0.1, 0.15) is 27.6 Å². The van der Waals surface area contributed by atoms with Crippen molar-refractivity contribution in [2.75, 3.05) is 0 Å². The largest absolute Gasteiger partial charge is 0.466 e. The van der Waals surface area contributed by atoms with Gasteiger partial charge in [-0.1, -0.05) is 30.3 Å². The summed E-state index contributed by atoms with van der Waals surface area (Å²) in [6.07, 6.45) is 0.0903. The molecular formula is C18H17N3O3S. The summed E-state index contributed by atoms with van der Waals surface area (Å²) >= 11 is 1.48. The molecule has 6 nitrogen and oxygen atoms in total. The summed E-state index contributed by atoms with van der Waals surface area (Å²) in [5.74, 6) is 0.406. The quantitative estimate of drug-likeness (QED) is 0.705. The summed E-state index contributed by atoms with van der Waals surface area (Å²) < 4.78 is 5.30. The second kappa shape index (κ2) is 7.31. The van der Waals surface area contributed by atoms with Gasteiger partial charge in [0, 0.05) is 10.9 Å². The van der Waals surface area contributed by atoms with Crippen molar-refractivity contribution < 1.29 is 14.0 Å². The van der Waals surface area contributed by atoms with Crippen LogP contribution in [0.4, 0.5) is 0 Å². The van der Waals surface area contributed by atoms with Crippen LogP contribution in [0.5, 0.6) is 0 Å². The Morgan fingerprint density at radius 2 is 1.92 bits per heavy atom. The Balaban J connectivity index is 1.55. The lowest BCUT2D eigenvalue weighted by atomic mass is 10.2. The average Bonchev–Trinajstić information content (AvgIpc) is 3.19. The van der Waals surface area contributed by atoms with Gasteiger partial charge in [0.1, 0.15) is 16.5 Å². The zero-order chi connectivity index (χ0) is 17.8. The van der Waals surface area contributed by atoms with E-state index in [1.54, 1.807) is 19.9 Å². The normalized spacial score (nSPS) is 10.5. The van der Waals surface area contributed by atoms with Gasteiger partial charge < -0.3 is 4.42 Å². The number of thiazole rings is 1. The van der Waals surface area contributed by atoms with Crippen molar-refractivity contribution in [1.82, 2.24) is 15.8 Å². The maximum absolute atomic E-state index is 12.0. The molecule has 0 unspecified atom stereocenters. The molecule has 2 heterocycles. The maximum atomic E-state index is 12.0. The fourth-order valence-electron chi connectivity index (χ4n) is 2.36. The lowest BCUT2D eigenvalue weighted by Crippen LogP contribution is -2.42. The summed E-state index contributed by atoms with van der Waals surface area (Å²) in [6, 6.07) is 11.4. The average molecular weight is 355 g/mol. The van der Waals surface area contributed by atoms with Gasteiger partial charge in [0.15, 0.2) is 0 Å². The number of carbonyl (C=O) groups excluding carboxylic acids is 2. The third-order valence-corrected chi connectivity index (χ3v) is 4.46. The Labute approximate surface area is 148 Å². The van der Waals surface area contributed by atoms with Crippen LogP contribution in [0.3, 0.4) is 0 Å². The number of hydrazine groups is 1. The van der Waals surface area contributed by atoms with E-state index < -0.39 is 5.91 Å². The molecule has 2 aromatic heterocycles. The number of hydrogen-bond donors (Lipinski definition) is 2. The van der Waals surface area contributed by atoms with E-state index in [1.807, 2.05) is 35.7 Å². The first-order valence-corrected chi connectivity index (χ1v) is 8.57. The summed E-state index contributed by atoms with van der Waals surface area (Å²) in [5, 5.41) is 2.70. The van der Waals surface area contributed by atoms with Crippen molar-refractivity contribution in [3.05, 3.63) is 64.6 Å². The zero-order valence-corrected chi connectivity index (χ0v) is 14.6. The molecule has 0 saturated heterocycles. The predicted molar refractivity (Wildman–Crippen MR) is 95.0 cm³/mol. The van der Waals surface area contributed by atoms with Crippen molar-refractivity contribution >= 4 is 23.2 Å². The molecule has 0 aliphatic rings. The molecule has 7 heteroatoms. The van der Waals surface area contributed by atoms with Gasteiger partial charge in [0.05, 0.1) is 17.7 Å². The van der Waals surface area contributed by atoms with Gasteiger partial charge in [0.25, 0.3) is 5.91 Å². The van der Waals surface area contributed by atoms with Crippen molar-refractivity contribution in [1.29, 1.82) is 0 Å². The van der Waals surface area contributed by atoms with Gasteiger partial charge in [-0.25, -0.2) is 4.98 Å². The number of rotatable bonds is 4. The number of furan rings is 1. The Kier molecular flexibility index (Phi) is 4.95. The number of hydrogen-bond acceptors (Lipinski definition) is 5. The van der Waals surface area contributed by atoms with Crippen LogP contribution in [0.2, 0.25) is 0 Å². The van der Waals surface area contributed by atoms with Crippen molar-refractivity contribution in [2.24, 2.45) is 0 Å². The van der Waals surface area contributed by atoms with E-state index >= 15 is 0 Å². The Bertz CT molecular complexity index is 899. The Hall–Kier alpha value is -2.93. The van der Waals surface area contributed by atoms with Crippen LogP contribution in [0, 0.1) is 13.8 Å². The molecule has 0 fully saturated rings. The van der Waals surface area contributed by atoms with Crippen molar-refractivity contribution in [3.63, 3.8) is 0 Å². The molecule has 2 N–H and O–H groups in total. The molecule has 0 radical (unpaired) electrons. The fraction of sp³-hybridized carbons (Fsp3) is 0.167. The van der Waals surface area contributed by atoms with Gasteiger partial charge in [-0.2, -0.15) is 0 Å². The molecule has 3 rings (SSSR count). The number of aromatic nitrogens is 1. The van der Waals surface area contributed by atoms with Crippen LogP contribution in [-0.4, -0.2) is 16.8 Å². The number of aryl methyl sites for hydroxylation is 2. The van der Waals surface area contributed by atoms with Crippen LogP contribution >= 0.6 is 11.3 Å².